The van der Waals surface area contributed by atoms with Gasteiger partial charge in [0, 0.05) is 13.1 Å². The second-order valence-corrected chi connectivity index (χ2v) is 8.15. The van der Waals surface area contributed by atoms with Crippen molar-refractivity contribution in [2.75, 3.05) is 18.0 Å². The number of rotatable bonds is 3. The lowest BCUT2D eigenvalue weighted by Gasteiger charge is -2.38. The number of carbonyl (C=O) groups excluding carboxylic acids is 1. The first-order valence-electron chi connectivity index (χ1n) is 7.53. The van der Waals surface area contributed by atoms with Crippen LogP contribution in [0.4, 0.5) is 5.13 Å². The zero-order valence-corrected chi connectivity index (χ0v) is 14.1. The smallest absolute Gasteiger partial charge is 0.186 e. The summed E-state index contributed by atoms with van der Waals surface area (Å²) in [6, 6.07) is 0. The zero-order chi connectivity index (χ0) is 14.9. The molecule has 1 aliphatic heterocycles. The Balaban J connectivity index is 2.09. The zero-order valence-electron chi connectivity index (χ0n) is 13.3. The van der Waals surface area contributed by atoms with Gasteiger partial charge in [-0.05, 0) is 30.1 Å². The van der Waals surface area contributed by atoms with Gasteiger partial charge in [0.05, 0.1) is 10.6 Å². The predicted octanol–water partition coefficient (Wildman–Crippen LogP) is 4.34. The molecule has 0 saturated carbocycles. The molecule has 0 bridgehead atoms. The van der Waals surface area contributed by atoms with Gasteiger partial charge in [-0.2, -0.15) is 0 Å². The molecule has 112 valence electrons. The standard InChI is InChI=1S/C16H26N2OS/c1-11(2)14-13(10-19)20-15(17-14)18-8-6-12(7-9-18)16(3,4)5/h10-12H,6-9H2,1-5H3. The third kappa shape index (κ3) is 3.22. The lowest BCUT2D eigenvalue weighted by molar-refractivity contribution is 0.112. The maximum atomic E-state index is 11.2. The van der Waals surface area contributed by atoms with E-state index in [0.29, 0.717) is 11.3 Å². The lowest BCUT2D eigenvalue weighted by Crippen LogP contribution is -2.38. The summed E-state index contributed by atoms with van der Waals surface area (Å²) in [5, 5.41) is 1.03. The quantitative estimate of drug-likeness (QED) is 0.777. The van der Waals surface area contributed by atoms with E-state index in [0.717, 1.165) is 41.0 Å². The minimum Gasteiger partial charge on any atom is -0.348 e. The minimum atomic E-state index is 0.312. The van der Waals surface area contributed by atoms with E-state index in [2.05, 4.69) is 39.5 Å². The molecule has 1 aromatic rings. The molecule has 0 radical (unpaired) electrons. The number of carbonyl (C=O) groups is 1. The Labute approximate surface area is 126 Å². The van der Waals surface area contributed by atoms with Crippen molar-refractivity contribution in [2.45, 2.75) is 53.4 Å². The summed E-state index contributed by atoms with van der Waals surface area (Å²) in [6.45, 7) is 13.3. The van der Waals surface area contributed by atoms with Gasteiger partial charge in [0.15, 0.2) is 11.4 Å². The van der Waals surface area contributed by atoms with Crippen LogP contribution in [0.1, 0.15) is 68.7 Å². The number of hydrogen-bond donors (Lipinski definition) is 0. The summed E-state index contributed by atoms with van der Waals surface area (Å²) < 4.78 is 0. The Morgan fingerprint density at radius 2 is 1.90 bits per heavy atom. The summed E-state index contributed by atoms with van der Waals surface area (Å²) in [5.41, 5.74) is 1.35. The van der Waals surface area contributed by atoms with E-state index in [-0.39, 0.29) is 0 Å². The summed E-state index contributed by atoms with van der Waals surface area (Å²) in [5.74, 6) is 1.10. The van der Waals surface area contributed by atoms with Gasteiger partial charge in [0.2, 0.25) is 0 Å². The molecule has 0 spiro atoms. The molecule has 1 fully saturated rings. The van der Waals surface area contributed by atoms with Crippen molar-refractivity contribution in [3.8, 4) is 0 Å². The Hall–Kier alpha value is -0.900. The van der Waals surface area contributed by atoms with Crippen LogP contribution in [0.15, 0.2) is 0 Å². The Morgan fingerprint density at radius 1 is 1.30 bits per heavy atom. The van der Waals surface area contributed by atoms with Gasteiger partial charge < -0.3 is 4.90 Å². The van der Waals surface area contributed by atoms with Crippen LogP contribution in [-0.2, 0) is 0 Å². The number of nitrogens with zero attached hydrogens (tertiary/aromatic N) is 2. The highest BCUT2D eigenvalue weighted by Crippen LogP contribution is 2.37. The number of aldehydes is 1. The van der Waals surface area contributed by atoms with Gasteiger partial charge in [0.25, 0.3) is 0 Å². The molecule has 2 rings (SSSR count). The Morgan fingerprint density at radius 3 is 2.30 bits per heavy atom. The molecule has 1 saturated heterocycles. The van der Waals surface area contributed by atoms with Crippen LogP contribution in [0, 0.1) is 11.3 Å². The molecular formula is C16H26N2OS. The third-order valence-corrected chi connectivity index (χ3v) is 5.37. The van der Waals surface area contributed by atoms with Crippen LogP contribution >= 0.6 is 11.3 Å². The van der Waals surface area contributed by atoms with Crippen molar-refractivity contribution < 1.29 is 4.79 Å². The molecule has 0 unspecified atom stereocenters. The molecule has 0 amide bonds. The van der Waals surface area contributed by atoms with Gasteiger partial charge >= 0.3 is 0 Å². The first-order valence-corrected chi connectivity index (χ1v) is 8.35. The second kappa shape index (κ2) is 5.84. The van der Waals surface area contributed by atoms with E-state index in [9.17, 15) is 4.79 Å². The average molecular weight is 294 g/mol. The van der Waals surface area contributed by atoms with Gasteiger partial charge in [-0.15, -0.1) is 0 Å². The van der Waals surface area contributed by atoms with E-state index >= 15 is 0 Å². The fourth-order valence-corrected chi connectivity index (χ4v) is 3.99. The summed E-state index contributed by atoms with van der Waals surface area (Å²) in [4.78, 5) is 19.0. The number of aromatic nitrogens is 1. The molecule has 0 atom stereocenters. The van der Waals surface area contributed by atoms with E-state index in [1.165, 1.54) is 12.8 Å². The summed E-state index contributed by atoms with van der Waals surface area (Å²) >= 11 is 1.55. The van der Waals surface area contributed by atoms with Crippen LogP contribution in [0.25, 0.3) is 0 Å². The highest BCUT2D eigenvalue weighted by atomic mass is 32.1. The molecule has 0 aliphatic carbocycles. The molecule has 2 heterocycles. The van der Waals surface area contributed by atoms with Gasteiger partial charge in [-0.25, -0.2) is 4.98 Å². The van der Waals surface area contributed by atoms with Gasteiger partial charge in [0.1, 0.15) is 0 Å². The normalized spacial score (nSPS) is 17.8. The molecule has 20 heavy (non-hydrogen) atoms. The summed E-state index contributed by atoms with van der Waals surface area (Å²) in [6.07, 6.45) is 3.39. The number of hydrogen-bond acceptors (Lipinski definition) is 4. The molecule has 1 aromatic heterocycles. The van der Waals surface area contributed by atoms with Gasteiger partial charge in [-0.3, -0.25) is 4.79 Å². The van der Waals surface area contributed by atoms with Crippen molar-refractivity contribution in [3.05, 3.63) is 10.6 Å². The van der Waals surface area contributed by atoms with Crippen molar-refractivity contribution in [2.24, 2.45) is 11.3 Å². The highest BCUT2D eigenvalue weighted by molar-refractivity contribution is 7.17. The lowest BCUT2D eigenvalue weighted by atomic mass is 9.75. The van der Waals surface area contributed by atoms with Crippen LogP contribution in [0.5, 0.6) is 0 Å². The first kappa shape index (κ1) is 15.5. The van der Waals surface area contributed by atoms with Crippen molar-refractivity contribution >= 4 is 22.8 Å². The molecule has 4 heteroatoms. The summed E-state index contributed by atoms with van der Waals surface area (Å²) in [7, 11) is 0. The van der Waals surface area contributed by atoms with E-state index in [4.69, 9.17) is 4.98 Å². The van der Waals surface area contributed by atoms with E-state index in [1.54, 1.807) is 11.3 Å². The largest absolute Gasteiger partial charge is 0.348 e. The predicted molar refractivity (Wildman–Crippen MR) is 86.0 cm³/mol. The molecule has 0 N–H and O–H groups in total. The Bertz CT molecular complexity index is 465. The fourth-order valence-electron chi connectivity index (χ4n) is 2.90. The van der Waals surface area contributed by atoms with Crippen LogP contribution < -0.4 is 4.90 Å². The molecular weight excluding hydrogens is 268 g/mol. The number of anilines is 1. The van der Waals surface area contributed by atoms with Crippen molar-refractivity contribution in [1.29, 1.82) is 0 Å². The SMILES string of the molecule is CC(C)c1nc(N2CCC(C(C)(C)C)CC2)sc1C=O. The molecule has 3 nitrogen and oxygen atoms in total. The van der Waals surface area contributed by atoms with Crippen LogP contribution in [0.2, 0.25) is 0 Å². The second-order valence-electron chi connectivity index (χ2n) is 7.15. The Kier molecular flexibility index (Phi) is 4.52. The maximum absolute atomic E-state index is 11.2. The fraction of sp³-hybridized carbons (Fsp3) is 0.750. The van der Waals surface area contributed by atoms with Crippen LogP contribution in [-0.4, -0.2) is 24.4 Å². The minimum absolute atomic E-state index is 0.312. The van der Waals surface area contributed by atoms with Crippen LogP contribution in [0.3, 0.4) is 0 Å². The first-order chi connectivity index (χ1) is 9.32. The maximum Gasteiger partial charge on any atom is 0.186 e. The number of thiazole rings is 1. The topological polar surface area (TPSA) is 33.2 Å². The average Bonchev–Trinajstić information content (AvgIpc) is 2.82. The van der Waals surface area contributed by atoms with E-state index < -0.39 is 0 Å². The molecule has 0 aromatic carbocycles. The molecule has 1 aliphatic rings. The monoisotopic (exact) mass is 294 g/mol. The van der Waals surface area contributed by atoms with Crippen molar-refractivity contribution in [1.82, 2.24) is 4.98 Å². The highest BCUT2D eigenvalue weighted by Gasteiger charge is 2.30. The van der Waals surface area contributed by atoms with E-state index in [1.807, 2.05) is 0 Å². The van der Waals surface area contributed by atoms with Gasteiger partial charge in [-0.1, -0.05) is 46.0 Å². The third-order valence-electron chi connectivity index (χ3n) is 4.31. The number of piperidine rings is 1. The van der Waals surface area contributed by atoms with Crippen molar-refractivity contribution in [3.63, 3.8) is 0 Å².